The molecule has 1 N–H and O–H groups in total. The molecule has 0 aliphatic carbocycles. The molecule has 0 bridgehead atoms. The van der Waals surface area contributed by atoms with Crippen LogP contribution in [0.1, 0.15) is 21.7 Å². The molecule has 0 aliphatic heterocycles. The van der Waals surface area contributed by atoms with Crippen molar-refractivity contribution >= 4 is 5.97 Å². The van der Waals surface area contributed by atoms with Gasteiger partial charge in [0.05, 0.1) is 17.7 Å². The number of hydrogen-bond acceptors (Lipinski definition) is 2. The number of carboxylic acids is 1. The van der Waals surface area contributed by atoms with Crippen molar-refractivity contribution in [2.24, 2.45) is 7.05 Å². The third-order valence-corrected chi connectivity index (χ3v) is 2.66. The molecule has 0 aromatic carbocycles. The molecule has 2 aromatic heterocycles. The number of aromatic carboxylic acids is 1. The predicted octanol–water partition coefficient (Wildman–Crippen LogP) is 1.99. The minimum atomic E-state index is -4.69. The number of imidazole rings is 1. The summed E-state index contributed by atoms with van der Waals surface area (Å²) in [4.78, 5) is 14.8. The lowest BCUT2D eigenvalue weighted by Gasteiger charge is -2.04. The molecule has 0 aliphatic rings. The molecule has 0 saturated heterocycles. The van der Waals surface area contributed by atoms with Crippen molar-refractivity contribution in [1.82, 2.24) is 14.1 Å². The summed E-state index contributed by atoms with van der Waals surface area (Å²) in [7, 11) is 1.70. The number of alkyl halides is 3. The number of aromatic nitrogens is 3. The van der Waals surface area contributed by atoms with Gasteiger partial charge in [0.2, 0.25) is 0 Å². The molecule has 0 radical (unpaired) electrons. The average Bonchev–Trinajstić information content (AvgIpc) is 2.86. The Balaban J connectivity index is 2.39. The van der Waals surface area contributed by atoms with E-state index in [2.05, 4.69) is 4.98 Å². The van der Waals surface area contributed by atoms with E-state index in [0.29, 0.717) is 5.82 Å². The zero-order valence-electron chi connectivity index (χ0n) is 9.85. The van der Waals surface area contributed by atoms with Gasteiger partial charge in [-0.15, -0.1) is 0 Å². The van der Waals surface area contributed by atoms with Crippen molar-refractivity contribution in [3.8, 4) is 0 Å². The standard InChI is InChI=1S/C11H10F3N3O2/c1-16-3-2-15-9(16)6-17-4-7(10(18)19)8(5-17)11(12,13)14/h2-5H,6H2,1H3,(H,18,19). The maximum absolute atomic E-state index is 12.7. The molecule has 2 rings (SSSR count). The van der Waals surface area contributed by atoms with Gasteiger partial charge in [-0.2, -0.15) is 13.2 Å². The van der Waals surface area contributed by atoms with Crippen LogP contribution in [-0.4, -0.2) is 25.2 Å². The smallest absolute Gasteiger partial charge is 0.418 e. The Morgan fingerprint density at radius 2 is 2.11 bits per heavy atom. The van der Waals surface area contributed by atoms with Gasteiger partial charge in [0, 0.05) is 31.8 Å². The lowest BCUT2D eigenvalue weighted by atomic mass is 10.2. The molecule has 0 fully saturated rings. The van der Waals surface area contributed by atoms with Gasteiger partial charge in [0.15, 0.2) is 0 Å². The first-order valence-corrected chi connectivity index (χ1v) is 5.25. The minimum Gasteiger partial charge on any atom is -0.478 e. The van der Waals surface area contributed by atoms with Crippen molar-refractivity contribution in [2.75, 3.05) is 0 Å². The van der Waals surface area contributed by atoms with Crippen LogP contribution in [0, 0.1) is 0 Å². The van der Waals surface area contributed by atoms with E-state index in [1.165, 1.54) is 6.20 Å². The Bertz CT molecular complexity index is 613. The Morgan fingerprint density at radius 3 is 2.53 bits per heavy atom. The number of aryl methyl sites for hydroxylation is 1. The van der Waals surface area contributed by atoms with Crippen LogP contribution >= 0.6 is 0 Å². The van der Waals surface area contributed by atoms with Gasteiger partial charge in [-0.05, 0) is 0 Å². The lowest BCUT2D eigenvalue weighted by Crippen LogP contribution is -2.09. The minimum absolute atomic E-state index is 0.0693. The number of nitrogens with zero attached hydrogens (tertiary/aromatic N) is 3. The summed E-state index contributed by atoms with van der Waals surface area (Å²) in [6.45, 7) is 0.0693. The molecule has 2 heterocycles. The van der Waals surface area contributed by atoms with Crippen molar-refractivity contribution in [3.05, 3.63) is 41.7 Å². The number of carboxylic acid groups (broad SMARTS) is 1. The first kappa shape index (κ1) is 13.2. The third kappa shape index (κ3) is 2.61. The molecule has 2 aromatic rings. The SMILES string of the molecule is Cn1ccnc1Cn1cc(C(=O)O)c(C(F)(F)F)c1. The van der Waals surface area contributed by atoms with E-state index in [-0.39, 0.29) is 6.54 Å². The number of hydrogen-bond donors (Lipinski definition) is 1. The maximum atomic E-state index is 12.7. The molecular formula is C11H10F3N3O2. The fourth-order valence-corrected chi connectivity index (χ4v) is 1.71. The van der Waals surface area contributed by atoms with Gasteiger partial charge in [-0.1, -0.05) is 0 Å². The van der Waals surface area contributed by atoms with Crippen molar-refractivity contribution in [3.63, 3.8) is 0 Å². The summed E-state index contributed by atoms with van der Waals surface area (Å²) in [5.74, 6) is -1.08. The maximum Gasteiger partial charge on any atom is 0.418 e. The molecule has 102 valence electrons. The highest BCUT2D eigenvalue weighted by Gasteiger charge is 2.37. The second-order valence-electron chi connectivity index (χ2n) is 4.02. The Labute approximate surface area is 105 Å². The first-order valence-electron chi connectivity index (χ1n) is 5.25. The van der Waals surface area contributed by atoms with Gasteiger partial charge in [0.25, 0.3) is 0 Å². The van der Waals surface area contributed by atoms with Crippen LogP contribution in [-0.2, 0) is 19.8 Å². The van der Waals surface area contributed by atoms with Gasteiger partial charge in [-0.3, -0.25) is 0 Å². The quantitative estimate of drug-likeness (QED) is 0.930. The molecule has 5 nitrogen and oxygen atoms in total. The number of rotatable bonds is 3. The highest BCUT2D eigenvalue weighted by molar-refractivity contribution is 5.89. The second kappa shape index (κ2) is 4.45. The molecule has 19 heavy (non-hydrogen) atoms. The Morgan fingerprint density at radius 1 is 1.42 bits per heavy atom. The zero-order valence-corrected chi connectivity index (χ0v) is 9.85. The van der Waals surface area contributed by atoms with E-state index in [1.807, 2.05) is 0 Å². The molecule has 0 atom stereocenters. The van der Waals surface area contributed by atoms with E-state index in [4.69, 9.17) is 5.11 Å². The predicted molar refractivity (Wildman–Crippen MR) is 58.7 cm³/mol. The Hall–Kier alpha value is -2.25. The van der Waals surface area contributed by atoms with Crippen LogP contribution in [0.4, 0.5) is 13.2 Å². The normalized spacial score (nSPS) is 11.8. The molecular weight excluding hydrogens is 263 g/mol. The molecule has 0 saturated carbocycles. The second-order valence-corrected chi connectivity index (χ2v) is 4.02. The van der Waals surface area contributed by atoms with Crippen LogP contribution in [0.2, 0.25) is 0 Å². The fourth-order valence-electron chi connectivity index (χ4n) is 1.71. The van der Waals surface area contributed by atoms with Gasteiger partial charge in [0.1, 0.15) is 5.82 Å². The Kier molecular flexibility index (Phi) is 3.09. The van der Waals surface area contributed by atoms with E-state index in [9.17, 15) is 18.0 Å². The van der Waals surface area contributed by atoms with Gasteiger partial charge >= 0.3 is 12.1 Å². The summed E-state index contributed by atoms with van der Waals surface area (Å²) in [5.41, 5.74) is -1.92. The van der Waals surface area contributed by atoms with Crippen LogP contribution in [0.3, 0.4) is 0 Å². The summed E-state index contributed by atoms with van der Waals surface area (Å²) in [6, 6.07) is 0. The molecule has 8 heteroatoms. The summed E-state index contributed by atoms with van der Waals surface area (Å²) in [6.07, 6.45) is 0.210. The van der Waals surface area contributed by atoms with Crippen molar-refractivity contribution in [2.45, 2.75) is 12.7 Å². The molecule has 0 amide bonds. The van der Waals surface area contributed by atoms with Gasteiger partial charge in [-0.25, -0.2) is 9.78 Å². The number of carbonyl (C=O) groups is 1. The average molecular weight is 273 g/mol. The van der Waals surface area contributed by atoms with Crippen molar-refractivity contribution in [1.29, 1.82) is 0 Å². The van der Waals surface area contributed by atoms with E-state index in [0.717, 1.165) is 17.0 Å². The first-order chi connectivity index (χ1) is 8.79. The van der Waals surface area contributed by atoms with Crippen LogP contribution in [0.15, 0.2) is 24.8 Å². The fraction of sp³-hybridized carbons (Fsp3) is 0.273. The van der Waals surface area contributed by atoms with Gasteiger partial charge < -0.3 is 14.2 Å². The van der Waals surface area contributed by atoms with E-state index >= 15 is 0 Å². The molecule has 0 unspecified atom stereocenters. The highest BCUT2D eigenvalue weighted by atomic mass is 19.4. The van der Waals surface area contributed by atoms with Crippen LogP contribution < -0.4 is 0 Å². The van der Waals surface area contributed by atoms with E-state index in [1.54, 1.807) is 17.8 Å². The molecule has 0 spiro atoms. The summed E-state index contributed by atoms with van der Waals surface area (Å²) in [5, 5.41) is 8.79. The van der Waals surface area contributed by atoms with E-state index < -0.39 is 23.3 Å². The summed E-state index contributed by atoms with van der Waals surface area (Å²) < 4.78 is 40.9. The van der Waals surface area contributed by atoms with Crippen LogP contribution in [0.25, 0.3) is 0 Å². The largest absolute Gasteiger partial charge is 0.478 e. The topological polar surface area (TPSA) is 60.0 Å². The number of halogens is 3. The monoisotopic (exact) mass is 273 g/mol. The highest BCUT2D eigenvalue weighted by Crippen LogP contribution is 2.32. The van der Waals surface area contributed by atoms with Crippen LogP contribution in [0.5, 0.6) is 0 Å². The zero-order chi connectivity index (χ0) is 14.2. The lowest BCUT2D eigenvalue weighted by molar-refractivity contribution is -0.138. The summed E-state index contributed by atoms with van der Waals surface area (Å²) >= 11 is 0. The third-order valence-electron chi connectivity index (χ3n) is 2.66. The van der Waals surface area contributed by atoms with Crippen molar-refractivity contribution < 1.29 is 23.1 Å².